The first-order valence-electron chi connectivity index (χ1n) is 7.72. The molecule has 0 radical (unpaired) electrons. The normalized spacial score (nSPS) is 41.7. The topological polar surface area (TPSA) is 35.5 Å². The highest BCUT2D eigenvalue weighted by Crippen LogP contribution is 2.37. The number of hydrogen-bond acceptors (Lipinski definition) is 3. The average molecular weight is 254 g/mol. The fourth-order valence-electron chi connectivity index (χ4n) is 3.97. The summed E-state index contributed by atoms with van der Waals surface area (Å²) in [5.74, 6) is 0.840. The minimum Gasteiger partial charge on any atom is -0.394 e. The first kappa shape index (κ1) is 14.3. The lowest BCUT2D eigenvalue weighted by atomic mass is 9.98. The molecule has 1 heterocycles. The van der Waals surface area contributed by atoms with Gasteiger partial charge in [-0.15, -0.1) is 0 Å². The van der Waals surface area contributed by atoms with Crippen molar-refractivity contribution in [1.29, 1.82) is 0 Å². The van der Waals surface area contributed by atoms with E-state index in [0.717, 1.165) is 37.8 Å². The molecule has 0 bridgehead atoms. The standard InChI is InChI=1S/C15H30N2O/c1-4-7-16-15(11-18)6-5-14(9-15)17-10-12(2)8-13(17)3/h12-14,16,18H,4-11H2,1-3H3. The number of aliphatic hydroxyl groups excluding tert-OH is 1. The van der Waals surface area contributed by atoms with Gasteiger partial charge in [0.15, 0.2) is 0 Å². The van der Waals surface area contributed by atoms with Gasteiger partial charge in [-0.25, -0.2) is 0 Å². The Morgan fingerprint density at radius 1 is 1.39 bits per heavy atom. The molecular weight excluding hydrogens is 224 g/mol. The van der Waals surface area contributed by atoms with E-state index < -0.39 is 0 Å². The molecule has 18 heavy (non-hydrogen) atoms. The van der Waals surface area contributed by atoms with Crippen molar-refractivity contribution >= 4 is 0 Å². The Morgan fingerprint density at radius 3 is 2.72 bits per heavy atom. The van der Waals surface area contributed by atoms with Crippen LogP contribution in [0.3, 0.4) is 0 Å². The maximum atomic E-state index is 9.74. The summed E-state index contributed by atoms with van der Waals surface area (Å²) in [6, 6.07) is 1.41. The van der Waals surface area contributed by atoms with E-state index in [1.165, 1.54) is 19.4 Å². The van der Waals surface area contributed by atoms with Gasteiger partial charge in [0.25, 0.3) is 0 Å². The average Bonchev–Trinajstić information content (AvgIpc) is 2.91. The third kappa shape index (κ3) is 2.89. The van der Waals surface area contributed by atoms with E-state index in [-0.39, 0.29) is 5.54 Å². The number of nitrogens with one attached hydrogen (secondary N) is 1. The van der Waals surface area contributed by atoms with Crippen LogP contribution in [0, 0.1) is 5.92 Å². The van der Waals surface area contributed by atoms with E-state index >= 15 is 0 Å². The summed E-state index contributed by atoms with van der Waals surface area (Å²) >= 11 is 0. The van der Waals surface area contributed by atoms with Crippen molar-refractivity contribution in [3.63, 3.8) is 0 Å². The predicted molar refractivity (Wildman–Crippen MR) is 75.7 cm³/mol. The predicted octanol–water partition coefficient (Wildman–Crippen LogP) is 2.00. The van der Waals surface area contributed by atoms with Crippen molar-refractivity contribution in [2.45, 2.75) is 70.5 Å². The van der Waals surface area contributed by atoms with Crippen molar-refractivity contribution in [2.75, 3.05) is 19.7 Å². The quantitative estimate of drug-likeness (QED) is 0.788. The number of rotatable bonds is 5. The zero-order chi connectivity index (χ0) is 13.2. The van der Waals surface area contributed by atoms with E-state index in [9.17, 15) is 5.11 Å². The van der Waals surface area contributed by atoms with Crippen molar-refractivity contribution in [2.24, 2.45) is 5.92 Å². The molecule has 0 aromatic heterocycles. The maximum Gasteiger partial charge on any atom is 0.0613 e. The van der Waals surface area contributed by atoms with Crippen LogP contribution in [-0.2, 0) is 0 Å². The minimum atomic E-state index is 0.00618. The van der Waals surface area contributed by atoms with Crippen LogP contribution in [0.5, 0.6) is 0 Å². The Hall–Kier alpha value is -0.120. The van der Waals surface area contributed by atoms with Gasteiger partial charge in [0.2, 0.25) is 0 Å². The fraction of sp³-hybridized carbons (Fsp3) is 1.00. The third-order valence-electron chi connectivity index (χ3n) is 4.94. The molecular formula is C15H30N2O. The second kappa shape index (κ2) is 5.89. The van der Waals surface area contributed by atoms with Gasteiger partial charge in [0.1, 0.15) is 0 Å². The molecule has 0 aromatic carbocycles. The van der Waals surface area contributed by atoms with E-state index in [0.29, 0.717) is 12.6 Å². The SMILES string of the molecule is CCCNC1(CO)CCC(N2CC(C)CC2C)C1. The largest absolute Gasteiger partial charge is 0.394 e. The monoisotopic (exact) mass is 254 g/mol. The van der Waals surface area contributed by atoms with Crippen LogP contribution >= 0.6 is 0 Å². The van der Waals surface area contributed by atoms with Gasteiger partial charge in [-0.2, -0.15) is 0 Å². The molecule has 3 nitrogen and oxygen atoms in total. The van der Waals surface area contributed by atoms with Crippen LogP contribution in [0.2, 0.25) is 0 Å². The Morgan fingerprint density at radius 2 is 2.17 bits per heavy atom. The molecule has 2 aliphatic rings. The Bertz CT molecular complexity index is 271. The summed E-state index contributed by atoms with van der Waals surface area (Å²) in [6.45, 7) is 9.48. The summed E-state index contributed by atoms with van der Waals surface area (Å²) < 4.78 is 0. The summed E-state index contributed by atoms with van der Waals surface area (Å²) in [5, 5.41) is 13.3. The number of likely N-dealkylation sites (tertiary alicyclic amines) is 1. The third-order valence-corrected chi connectivity index (χ3v) is 4.94. The molecule has 0 spiro atoms. The smallest absolute Gasteiger partial charge is 0.0613 e. The molecule has 2 N–H and O–H groups in total. The summed E-state index contributed by atoms with van der Waals surface area (Å²) in [6.07, 6.45) is 5.98. The Kier molecular flexibility index (Phi) is 4.68. The van der Waals surface area contributed by atoms with E-state index in [1.807, 2.05) is 0 Å². The second-order valence-corrected chi connectivity index (χ2v) is 6.65. The molecule has 1 saturated carbocycles. The van der Waals surface area contributed by atoms with Crippen molar-refractivity contribution in [3.8, 4) is 0 Å². The van der Waals surface area contributed by atoms with Crippen LogP contribution in [0.15, 0.2) is 0 Å². The molecule has 2 fully saturated rings. The van der Waals surface area contributed by atoms with Gasteiger partial charge < -0.3 is 10.4 Å². The highest BCUT2D eigenvalue weighted by molar-refractivity contribution is 5.01. The van der Waals surface area contributed by atoms with Gasteiger partial charge >= 0.3 is 0 Å². The van der Waals surface area contributed by atoms with Crippen molar-refractivity contribution in [1.82, 2.24) is 10.2 Å². The molecule has 3 heteroatoms. The molecule has 1 saturated heterocycles. The van der Waals surface area contributed by atoms with Crippen LogP contribution in [0.1, 0.15) is 52.9 Å². The first-order valence-corrected chi connectivity index (χ1v) is 7.72. The Labute approximate surface area is 112 Å². The van der Waals surface area contributed by atoms with Crippen LogP contribution in [0.25, 0.3) is 0 Å². The first-order chi connectivity index (χ1) is 8.60. The molecule has 4 atom stereocenters. The van der Waals surface area contributed by atoms with E-state index in [2.05, 4.69) is 31.0 Å². The van der Waals surface area contributed by atoms with Gasteiger partial charge in [-0.05, 0) is 51.5 Å². The number of nitrogens with zero attached hydrogens (tertiary/aromatic N) is 1. The second-order valence-electron chi connectivity index (χ2n) is 6.65. The lowest BCUT2D eigenvalue weighted by Crippen LogP contribution is -2.48. The fourth-order valence-corrected chi connectivity index (χ4v) is 3.97. The van der Waals surface area contributed by atoms with Crippen LogP contribution < -0.4 is 5.32 Å². The molecule has 106 valence electrons. The number of hydrogen-bond donors (Lipinski definition) is 2. The van der Waals surface area contributed by atoms with Gasteiger partial charge in [-0.3, -0.25) is 4.90 Å². The highest BCUT2D eigenvalue weighted by atomic mass is 16.3. The maximum absolute atomic E-state index is 9.74. The Balaban J connectivity index is 1.94. The minimum absolute atomic E-state index is 0.00618. The zero-order valence-electron chi connectivity index (χ0n) is 12.3. The lowest BCUT2D eigenvalue weighted by Gasteiger charge is -2.32. The van der Waals surface area contributed by atoms with E-state index in [4.69, 9.17) is 0 Å². The molecule has 1 aliphatic heterocycles. The van der Waals surface area contributed by atoms with Crippen molar-refractivity contribution in [3.05, 3.63) is 0 Å². The zero-order valence-corrected chi connectivity index (χ0v) is 12.3. The summed E-state index contributed by atoms with van der Waals surface area (Å²) in [7, 11) is 0. The lowest BCUT2D eigenvalue weighted by molar-refractivity contribution is 0.139. The number of aliphatic hydroxyl groups is 1. The summed E-state index contributed by atoms with van der Waals surface area (Å²) in [5.41, 5.74) is 0.00618. The van der Waals surface area contributed by atoms with Crippen LogP contribution in [-0.4, -0.2) is 47.3 Å². The molecule has 2 rings (SSSR count). The van der Waals surface area contributed by atoms with Gasteiger partial charge in [0.05, 0.1) is 6.61 Å². The van der Waals surface area contributed by atoms with E-state index in [1.54, 1.807) is 0 Å². The molecule has 0 amide bonds. The molecule has 4 unspecified atom stereocenters. The summed E-state index contributed by atoms with van der Waals surface area (Å²) in [4.78, 5) is 2.69. The highest BCUT2D eigenvalue weighted by Gasteiger charge is 2.43. The molecule has 1 aliphatic carbocycles. The molecule has 0 aromatic rings. The van der Waals surface area contributed by atoms with Crippen molar-refractivity contribution < 1.29 is 5.11 Å². The van der Waals surface area contributed by atoms with Gasteiger partial charge in [0, 0.05) is 24.2 Å². The van der Waals surface area contributed by atoms with Crippen LogP contribution in [0.4, 0.5) is 0 Å². The van der Waals surface area contributed by atoms with Gasteiger partial charge in [-0.1, -0.05) is 13.8 Å².